The molecule has 2 amide bonds. The fraction of sp³-hybridized carbons (Fsp3) is 0.412. The molecule has 1 saturated carbocycles. The van der Waals surface area contributed by atoms with E-state index in [9.17, 15) is 18.0 Å². The number of benzene rings is 3. The van der Waals surface area contributed by atoms with Crippen LogP contribution in [0.25, 0.3) is 0 Å². The van der Waals surface area contributed by atoms with Crippen molar-refractivity contribution >= 4 is 29.6 Å². The van der Waals surface area contributed by atoms with Crippen molar-refractivity contribution in [1.29, 1.82) is 0 Å². The minimum Gasteiger partial charge on any atom is -0.493 e. The van der Waals surface area contributed by atoms with Crippen molar-refractivity contribution in [1.82, 2.24) is 14.9 Å². The van der Waals surface area contributed by atoms with Gasteiger partial charge in [-0.2, -0.15) is 13.2 Å². The van der Waals surface area contributed by atoms with Crippen LogP contribution >= 0.6 is 11.9 Å². The molecular formula is C34H41F3N4O5S. The number of anilines is 1. The average molecular weight is 675 g/mol. The molecule has 2 fully saturated rings. The third kappa shape index (κ3) is 9.04. The van der Waals surface area contributed by atoms with Gasteiger partial charge in [0.25, 0.3) is 0 Å². The van der Waals surface area contributed by atoms with Gasteiger partial charge >= 0.3 is 18.2 Å². The number of urea groups is 1. The van der Waals surface area contributed by atoms with Crippen molar-refractivity contribution in [3.63, 3.8) is 0 Å². The number of nitrogens with zero attached hydrogens (tertiary/aromatic N) is 2. The van der Waals surface area contributed by atoms with Gasteiger partial charge in [-0.05, 0) is 91.7 Å². The molecule has 2 aliphatic rings. The molecule has 1 heterocycles. The smallest absolute Gasteiger partial charge is 0.490 e. The number of carboxylic acid groups (broad SMARTS) is 1. The Morgan fingerprint density at radius 2 is 1.66 bits per heavy atom. The van der Waals surface area contributed by atoms with E-state index in [1.807, 2.05) is 32.3 Å². The van der Waals surface area contributed by atoms with Crippen LogP contribution in [-0.4, -0.2) is 75.1 Å². The number of nitrogens with one attached hydrogen (secondary N) is 2. The first kappa shape index (κ1) is 35.7. The number of hydrogen-bond donors (Lipinski definition) is 3. The number of likely N-dealkylation sites (tertiary alicyclic amines) is 1. The lowest BCUT2D eigenvalue weighted by Gasteiger charge is -2.45. The largest absolute Gasteiger partial charge is 0.493 e. The molecule has 0 bridgehead atoms. The van der Waals surface area contributed by atoms with Crippen LogP contribution in [0.5, 0.6) is 11.5 Å². The van der Waals surface area contributed by atoms with Crippen LogP contribution in [0, 0.1) is 0 Å². The van der Waals surface area contributed by atoms with Gasteiger partial charge in [0.1, 0.15) is 0 Å². The predicted octanol–water partition coefficient (Wildman–Crippen LogP) is 6.47. The van der Waals surface area contributed by atoms with Gasteiger partial charge in [0.2, 0.25) is 0 Å². The van der Waals surface area contributed by atoms with Crippen LogP contribution in [0.3, 0.4) is 0 Å². The Morgan fingerprint density at radius 1 is 1.00 bits per heavy atom. The Labute approximate surface area is 277 Å². The van der Waals surface area contributed by atoms with E-state index >= 15 is 0 Å². The quantitative estimate of drug-likeness (QED) is 0.222. The third-order valence-corrected chi connectivity index (χ3v) is 9.55. The lowest BCUT2D eigenvalue weighted by molar-refractivity contribution is -0.192. The number of carboxylic acids is 1. The Hall–Kier alpha value is -4.10. The summed E-state index contributed by atoms with van der Waals surface area (Å²) >= 11 is 1.35. The molecule has 3 atom stereocenters. The molecule has 3 aromatic rings. The predicted molar refractivity (Wildman–Crippen MR) is 176 cm³/mol. The summed E-state index contributed by atoms with van der Waals surface area (Å²) in [6, 6.07) is 25.5. The van der Waals surface area contributed by atoms with Gasteiger partial charge in [0, 0.05) is 48.7 Å². The second-order valence-corrected chi connectivity index (χ2v) is 12.7. The first-order valence-corrected chi connectivity index (χ1v) is 16.0. The Balaban J connectivity index is 0.000000644. The number of halogens is 3. The molecule has 5 rings (SSSR count). The summed E-state index contributed by atoms with van der Waals surface area (Å²) in [4.78, 5) is 27.5. The third-order valence-electron chi connectivity index (χ3n) is 8.75. The fourth-order valence-electron chi connectivity index (χ4n) is 6.40. The number of carbonyl (C=O) groups is 2. The number of methoxy groups -OCH3 is 2. The highest BCUT2D eigenvalue weighted by atomic mass is 32.2. The number of alkyl halides is 3. The van der Waals surface area contributed by atoms with Crippen molar-refractivity contribution < 1.29 is 37.3 Å². The lowest BCUT2D eigenvalue weighted by Crippen LogP contribution is -2.53. The summed E-state index contributed by atoms with van der Waals surface area (Å²) in [5, 5.41) is 10.4. The molecule has 0 radical (unpaired) electrons. The summed E-state index contributed by atoms with van der Waals surface area (Å²) in [6.07, 6.45) is -1.17. The van der Waals surface area contributed by atoms with Crippen molar-refractivity contribution in [3.8, 4) is 11.5 Å². The molecule has 47 heavy (non-hydrogen) atoms. The fourth-order valence-corrected chi connectivity index (χ4v) is 6.94. The molecule has 13 heteroatoms. The molecule has 254 valence electrons. The monoisotopic (exact) mass is 674 g/mol. The number of rotatable bonds is 9. The zero-order valence-corrected chi connectivity index (χ0v) is 27.7. The van der Waals surface area contributed by atoms with Crippen molar-refractivity contribution in [2.24, 2.45) is 0 Å². The summed E-state index contributed by atoms with van der Waals surface area (Å²) in [6.45, 7) is 1.92. The number of hydrogen-bond acceptors (Lipinski definition) is 7. The van der Waals surface area contributed by atoms with E-state index in [0.29, 0.717) is 6.04 Å². The van der Waals surface area contributed by atoms with Crippen LogP contribution in [-0.2, 0) is 16.8 Å². The van der Waals surface area contributed by atoms with Crippen molar-refractivity contribution in [3.05, 3.63) is 83.9 Å². The summed E-state index contributed by atoms with van der Waals surface area (Å²) in [5.41, 5.74) is 3.75. The van der Waals surface area contributed by atoms with Gasteiger partial charge in [-0.15, -0.1) is 0 Å². The molecule has 3 unspecified atom stereocenters. The van der Waals surface area contributed by atoms with Crippen molar-refractivity contribution in [2.75, 3.05) is 39.8 Å². The van der Waals surface area contributed by atoms with Crippen LogP contribution in [0.2, 0.25) is 0 Å². The molecule has 0 aromatic heterocycles. The van der Waals surface area contributed by atoms with E-state index in [0.717, 1.165) is 60.9 Å². The minimum absolute atomic E-state index is 0.00588. The second kappa shape index (κ2) is 15.7. The van der Waals surface area contributed by atoms with Gasteiger partial charge in [0.05, 0.1) is 14.2 Å². The maximum Gasteiger partial charge on any atom is 0.490 e. The Kier molecular flexibility index (Phi) is 11.9. The van der Waals surface area contributed by atoms with E-state index in [2.05, 4.69) is 74.4 Å². The zero-order valence-electron chi connectivity index (χ0n) is 26.8. The maximum atomic E-state index is 12.9. The molecule has 3 N–H and O–H groups in total. The molecular weight excluding hydrogens is 633 g/mol. The SMILES string of the molecule is COc1ccc(C23CCC(NC(=O)NSc4ccc(N(C)C)cc4)CC2N(Cc2ccccc2)CC3)cc1OC.O=C(O)C(F)(F)F. The molecule has 1 aliphatic heterocycles. The topological polar surface area (TPSA) is 103 Å². The molecule has 0 spiro atoms. The molecule has 1 aliphatic carbocycles. The minimum atomic E-state index is -5.08. The van der Waals surface area contributed by atoms with Gasteiger partial charge in [-0.25, -0.2) is 9.59 Å². The van der Waals surface area contributed by atoms with Gasteiger partial charge in [-0.1, -0.05) is 36.4 Å². The van der Waals surface area contributed by atoms with E-state index in [-0.39, 0.29) is 17.5 Å². The van der Waals surface area contributed by atoms with E-state index in [1.165, 1.54) is 23.1 Å². The molecule has 1 saturated heterocycles. The average Bonchev–Trinajstić information content (AvgIpc) is 3.42. The van der Waals surface area contributed by atoms with Crippen LogP contribution in [0.15, 0.2) is 77.7 Å². The highest BCUT2D eigenvalue weighted by Gasteiger charge is 2.51. The number of aliphatic carboxylic acids is 1. The van der Waals surface area contributed by atoms with E-state index in [1.54, 1.807) is 14.2 Å². The second-order valence-electron chi connectivity index (χ2n) is 11.8. The van der Waals surface area contributed by atoms with Crippen LogP contribution in [0.1, 0.15) is 36.8 Å². The number of ether oxygens (including phenoxy) is 2. The summed E-state index contributed by atoms with van der Waals surface area (Å²) < 4.78 is 45.9. The lowest BCUT2D eigenvalue weighted by atomic mass is 9.65. The highest BCUT2D eigenvalue weighted by Crippen LogP contribution is 2.50. The van der Waals surface area contributed by atoms with E-state index in [4.69, 9.17) is 19.4 Å². The number of fused-ring (bicyclic) bond motifs is 1. The Morgan fingerprint density at radius 3 is 2.26 bits per heavy atom. The first-order valence-electron chi connectivity index (χ1n) is 15.2. The maximum absolute atomic E-state index is 12.9. The van der Waals surface area contributed by atoms with Crippen LogP contribution in [0.4, 0.5) is 23.7 Å². The first-order chi connectivity index (χ1) is 22.4. The highest BCUT2D eigenvalue weighted by molar-refractivity contribution is 7.98. The van der Waals surface area contributed by atoms with Crippen LogP contribution < -0.4 is 24.4 Å². The Bertz CT molecular complexity index is 1490. The van der Waals surface area contributed by atoms with Gasteiger partial charge < -0.3 is 24.8 Å². The normalized spacial score (nSPS) is 20.7. The number of carbonyl (C=O) groups excluding carboxylic acids is 1. The molecule has 3 aromatic carbocycles. The summed E-state index contributed by atoms with van der Waals surface area (Å²) in [5.74, 6) is -1.24. The summed E-state index contributed by atoms with van der Waals surface area (Å²) in [7, 11) is 7.41. The zero-order chi connectivity index (χ0) is 34.2. The van der Waals surface area contributed by atoms with Gasteiger partial charge in [0.15, 0.2) is 11.5 Å². The standard InChI is InChI=1S/C32H40N4O3S.C2HF3O2/c1-35(2)26-11-13-27(14-12-26)40-34-31(37)33-25-16-17-32(24-10-15-28(38-3)29(20-24)39-4)18-19-36(30(32)21-25)22-23-8-6-5-7-9-23;3-2(4,5)1(6)7/h5-15,20,25,30H,16-19,21-22H2,1-4H3,(H2,33,34,37);(H,6,7). The number of amides is 2. The van der Waals surface area contributed by atoms with Gasteiger partial charge in [-0.3, -0.25) is 9.62 Å². The molecule has 9 nitrogen and oxygen atoms in total. The van der Waals surface area contributed by atoms with Crippen molar-refractivity contribution in [2.45, 2.75) is 60.8 Å². The van der Waals surface area contributed by atoms with E-state index < -0.39 is 12.1 Å².